The molecule has 0 unspecified atom stereocenters. The summed E-state index contributed by atoms with van der Waals surface area (Å²) in [6.07, 6.45) is 1.73. The van der Waals surface area contributed by atoms with E-state index in [4.69, 9.17) is 4.74 Å². The summed E-state index contributed by atoms with van der Waals surface area (Å²) in [7, 11) is 0. The second-order valence-corrected chi connectivity index (χ2v) is 7.71. The number of carbonyl (C=O) groups is 1. The van der Waals surface area contributed by atoms with Gasteiger partial charge < -0.3 is 9.64 Å². The quantitative estimate of drug-likeness (QED) is 0.705. The largest absolute Gasteiger partial charge is 0.378 e. The number of nitrogens with zero attached hydrogens (tertiary/aromatic N) is 3. The van der Waals surface area contributed by atoms with Crippen LogP contribution >= 0.6 is 11.8 Å². The second kappa shape index (κ2) is 8.80. The number of likely N-dealkylation sites (N-methyl/N-ethyl adjacent to an activating group) is 1. The Balaban J connectivity index is 1.58. The summed E-state index contributed by atoms with van der Waals surface area (Å²) in [4.78, 5) is 21.5. The highest BCUT2D eigenvalue weighted by Crippen LogP contribution is 2.34. The summed E-state index contributed by atoms with van der Waals surface area (Å²) in [6.45, 7) is 5.00. The minimum absolute atomic E-state index is 0.107. The molecule has 2 saturated heterocycles. The first-order valence-corrected chi connectivity index (χ1v) is 10.4. The topological polar surface area (TPSA) is 45.1 Å². The molecule has 2 aromatic carbocycles. The van der Waals surface area contributed by atoms with E-state index >= 15 is 0 Å². The Kier molecular flexibility index (Phi) is 5.97. The van der Waals surface area contributed by atoms with E-state index < -0.39 is 0 Å². The van der Waals surface area contributed by atoms with Crippen molar-refractivity contribution < 1.29 is 13.9 Å². The molecule has 150 valence electrons. The Morgan fingerprint density at radius 1 is 1.17 bits per heavy atom. The molecule has 0 N–H and O–H groups in total. The number of carbonyl (C=O) groups excluding carboxylic acids is 1. The van der Waals surface area contributed by atoms with Crippen LogP contribution in [0.1, 0.15) is 12.5 Å². The molecule has 7 heteroatoms. The first-order chi connectivity index (χ1) is 14.2. The molecule has 2 aromatic rings. The maximum atomic E-state index is 14.7. The summed E-state index contributed by atoms with van der Waals surface area (Å²) in [5.74, 6) is -0.396. The molecule has 4 rings (SSSR count). The van der Waals surface area contributed by atoms with Crippen LogP contribution in [0, 0.1) is 5.82 Å². The minimum atomic E-state index is -0.290. The zero-order valence-corrected chi connectivity index (χ0v) is 17.0. The van der Waals surface area contributed by atoms with Crippen LogP contribution in [0.3, 0.4) is 0 Å². The third-order valence-corrected chi connectivity index (χ3v) is 5.81. The lowest BCUT2D eigenvalue weighted by Gasteiger charge is -2.29. The van der Waals surface area contributed by atoms with Crippen molar-refractivity contribution >= 4 is 40.3 Å². The van der Waals surface area contributed by atoms with Crippen molar-refractivity contribution in [1.82, 2.24) is 4.90 Å². The Labute approximate surface area is 173 Å². The number of halogens is 1. The molecule has 29 heavy (non-hydrogen) atoms. The van der Waals surface area contributed by atoms with Crippen molar-refractivity contribution in [2.45, 2.75) is 6.92 Å². The lowest BCUT2D eigenvalue weighted by Crippen LogP contribution is -2.36. The predicted molar refractivity (Wildman–Crippen MR) is 116 cm³/mol. The SMILES string of the molecule is CCN1C(=O)/C(=C/c2ccc(N3CCOCC3)c(F)c2)SC1=Nc1ccccc1. The van der Waals surface area contributed by atoms with E-state index in [2.05, 4.69) is 4.99 Å². The van der Waals surface area contributed by atoms with E-state index in [0.29, 0.717) is 54.2 Å². The number of hydrogen-bond acceptors (Lipinski definition) is 5. The van der Waals surface area contributed by atoms with E-state index in [9.17, 15) is 9.18 Å². The lowest BCUT2D eigenvalue weighted by atomic mass is 10.1. The first-order valence-electron chi connectivity index (χ1n) is 9.63. The number of ether oxygens (including phenoxy) is 1. The Morgan fingerprint density at radius 3 is 2.62 bits per heavy atom. The van der Waals surface area contributed by atoms with Crippen LogP contribution in [0.5, 0.6) is 0 Å². The van der Waals surface area contributed by atoms with Crippen LogP contribution in [0.2, 0.25) is 0 Å². The molecular weight excluding hydrogens is 389 g/mol. The number of morpholine rings is 1. The summed E-state index contributed by atoms with van der Waals surface area (Å²) < 4.78 is 20.0. The average Bonchev–Trinajstić information content (AvgIpc) is 3.03. The van der Waals surface area contributed by atoms with Crippen molar-refractivity contribution in [3.8, 4) is 0 Å². The third kappa shape index (κ3) is 4.36. The van der Waals surface area contributed by atoms with Gasteiger partial charge in [0, 0.05) is 19.6 Å². The maximum Gasteiger partial charge on any atom is 0.266 e. The molecule has 2 aliphatic heterocycles. The van der Waals surface area contributed by atoms with E-state index in [1.165, 1.54) is 17.8 Å². The molecule has 0 radical (unpaired) electrons. The molecule has 0 aliphatic carbocycles. The molecule has 2 aliphatic rings. The summed E-state index contributed by atoms with van der Waals surface area (Å²) in [5, 5.41) is 0.639. The molecule has 0 bridgehead atoms. The van der Waals surface area contributed by atoms with Gasteiger partial charge in [-0.25, -0.2) is 9.38 Å². The fraction of sp³-hybridized carbons (Fsp3) is 0.273. The van der Waals surface area contributed by atoms with Gasteiger partial charge in [0.2, 0.25) is 0 Å². The normalized spacial score (nSPS) is 20.1. The molecule has 2 fully saturated rings. The van der Waals surface area contributed by atoms with Gasteiger partial charge in [0.05, 0.1) is 29.5 Å². The number of aliphatic imine (C=N–C) groups is 1. The molecule has 0 spiro atoms. The van der Waals surface area contributed by atoms with Gasteiger partial charge in [0.15, 0.2) is 5.17 Å². The Bertz CT molecular complexity index is 956. The smallest absolute Gasteiger partial charge is 0.266 e. The Hall–Kier alpha value is -2.64. The van der Waals surface area contributed by atoms with Gasteiger partial charge in [-0.3, -0.25) is 9.69 Å². The number of anilines is 1. The van der Waals surface area contributed by atoms with Gasteiger partial charge in [-0.1, -0.05) is 24.3 Å². The van der Waals surface area contributed by atoms with E-state index in [1.807, 2.05) is 48.2 Å². The molecule has 0 saturated carbocycles. The van der Waals surface area contributed by atoms with Gasteiger partial charge in [-0.2, -0.15) is 0 Å². The van der Waals surface area contributed by atoms with Crippen LogP contribution in [0.4, 0.5) is 15.8 Å². The van der Waals surface area contributed by atoms with Gasteiger partial charge in [-0.05, 0) is 54.6 Å². The number of amidine groups is 1. The minimum Gasteiger partial charge on any atom is -0.378 e. The first kappa shape index (κ1) is 19.7. The highest BCUT2D eigenvalue weighted by atomic mass is 32.2. The third-order valence-electron chi connectivity index (χ3n) is 4.81. The van der Waals surface area contributed by atoms with Crippen molar-refractivity contribution in [1.29, 1.82) is 0 Å². The second-order valence-electron chi connectivity index (χ2n) is 6.70. The van der Waals surface area contributed by atoms with Crippen molar-refractivity contribution in [2.75, 3.05) is 37.7 Å². The fourth-order valence-electron chi connectivity index (χ4n) is 3.31. The van der Waals surface area contributed by atoms with Crippen LogP contribution in [0.25, 0.3) is 6.08 Å². The summed E-state index contributed by atoms with van der Waals surface area (Å²) in [5.41, 5.74) is 2.03. The number of thioether (sulfide) groups is 1. The van der Waals surface area contributed by atoms with Gasteiger partial charge >= 0.3 is 0 Å². The standard InChI is InChI=1S/C22H22FN3O2S/c1-2-26-21(27)20(29-22(26)24-17-6-4-3-5-7-17)15-16-8-9-19(18(23)14-16)25-10-12-28-13-11-25/h3-9,14-15H,2,10-13H2,1H3/b20-15-,24-22?. The number of hydrogen-bond donors (Lipinski definition) is 0. The zero-order valence-electron chi connectivity index (χ0n) is 16.2. The zero-order chi connectivity index (χ0) is 20.2. The molecule has 0 aromatic heterocycles. The maximum absolute atomic E-state index is 14.7. The van der Waals surface area contributed by atoms with Crippen LogP contribution in [0.15, 0.2) is 58.4 Å². The number of para-hydroxylation sites is 1. The number of rotatable bonds is 4. The number of benzene rings is 2. The van der Waals surface area contributed by atoms with Gasteiger partial charge in [0.25, 0.3) is 5.91 Å². The number of amides is 1. The highest BCUT2D eigenvalue weighted by molar-refractivity contribution is 8.18. The highest BCUT2D eigenvalue weighted by Gasteiger charge is 2.32. The summed E-state index contributed by atoms with van der Waals surface area (Å²) in [6, 6.07) is 14.6. The van der Waals surface area contributed by atoms with Crippen molar-refractivity contribution in [3.63, 3.8) is 0 Å². The molecular formula is C22H22FN3O2S. The Morgan fingerprint density at radius 2 is 1.93 bits per heavy atom. The van der Waals surface area contributed by atoms with Crippen LogP contribution in [-0.2, 0) is 9.53 Å². The monoisotopic (exact) mass is 411 g/mol. The lowest BCUT2D eigenvalue weighted by molar-refractivity contribution is -0.122. The predicted octanol–water partition coefficient (Wildman–Crippen LogP) is 4.29. The molecule has 2 heterocycles. The van der Waals surface area contributed by atoms with Gasteiger partial charge in [0.1, 0.15) is 5.82 Å². The van der Waals surface area contributed by atoms with Crippen LogP contribution < -0.4 is 4.90 Å². The van der Waals surface area contributed by atoms with E-state index in [1.54, 1.807) is 17.0 Å². The molecule has 5 nitrogen and oxygen atoms in total. The fourth-order valence-corrected chi connectivity index (χ4v) is 4.37. The van der Waals surface area contributed by atoms with Crippen molar-refractivity contribution in [3.05, 3.63) is 64.8 Å². The van der Waals surface area contributed by atoms with E-state index in [-0.39, 0.29) is 11.7 Å². The molecule has 0 atom stereocenters. The van der Waals surface area contributed by atoms with Crippen molar-refractivity contribution in [2.24, 2.45) is 4.99 Å². The summed E-state index contributed by atoms with van der Waals surface area (Å²) >= 11 is 1.32. The molecule has 1 amide bonds. The van der Waals surface area contributed by atoms with E-state index in [0.717, 1.165) is 5.69 Å². The van der Waals surface area contributed by atoms with Gasteiger partial charge in [-0.15, -0.1) is 0 Å². The average molecular weight is 412 g/mol. The van der Waals surface area contributed by atoms with Crippen LogP contribution in [-0.4, -0.2) is 48.8 Å².